The van der Waals surface area contributed by atoms with E-state index < -0.39 is 0 Å². The Balaban J connectivity index is 1.42. The van der Waals surface area contributed by atoms with Crippen LogP contribution in [0.2, 0.25) is 10.0 Å². The summed E-state index contributed by atoms with van der Waals surface area (Å²) in [7, 11) is 0. The Morgan fingerprint density at radius 3 is 2.59 bits per heavy atom. The smallest absolute Gasteiger partial charge is 0.166 e. The molecular formula is C24H23Cl2N5O. The maximum Gasteiger partial charge on any atom is 0.166 e. The van der Waals surface area contributed by atoms with Gasteiger partial charge in [-0.3, -0.25) is 4.79 Å². The van der Waals surface area contributed by atoms with Gasteiger partial charge in [0.15, 0.2) is 5.78 Å². The molecule has 0 saturated heterocycles. The van der Waals surface area contributed by atoms with Gasteiger partial charge in [-0.1, -0.05) is 36.2 Å². The van der Waals surface area contributed by atoms with E-state index >= 15 is 0 Å². The van der Waals surface area contributed by atoms with E-state index in [9.17, 15) is 4.79 Å². The molecule has 0 bridgehead atoms. The highest BCUT2D eigenvalue weighted by molar-refractivity contribution is 6.40. The lowest BCUT2D eigenvalue weighted by Gasteiger charge is -2.32. The fourth-order valence-electron chi connectivity index (χ4n) is 4.64. The Labute approximate surface area is 196 Å². The number of aromatic nitrogens is 5. The van der Waals surface area contributed by atoms with Crippen molar-refractivity contribution in [3.63, 3.8) is 0 Å². The molecule has 0 fully saturated rings. The Bertz CT molecular complexity index is 1350. The fraction of sp³-hybridized carbons (Fsp3) is 0.333. The number of ketones is 1. The van der Waals surface area contributed by atoms with Gasteiger partial charge >= 0.3 is 0 Å². The molecule has 0 aliphatic heterocycles. The second-order valence-corrected chi connectivity index (χ2v) is 9.88. The summed E-state index contributed by atoms with van der Waals surface area (Å²) >= 11 is 13.1. The highest BCUT2D eigenvalue weighted by Crippen LogP contribution is 2.41. The molecule has 1 aliphatic carbocycles. The molecule has 4 aromatic rings. The molecule has 164 valence electrons. The zero-order chi connectivity index (χ0) is 22.6. The third-order valence-corrected chi connectivity index (χ3v) is 6.89. The summed E-state index contributed by atoms with van der Waals surface area (Å²) in [5.74, 6) is 0.601. The van der Waals surface area contributed by atoms with E-state index in [1.54, 1.807) is 30.1 Å². The first-order valence-corrected chi connectivity index (χ1v) is 11.4. The topological polar surface area (TPSA) is 65.1 Å². The third kappa shape index (κ3) is 3.71. The zero-order valence-corrected chi connectivity index (χ0v) is 19.7. The summed E-state index contributed by atoms with van der Waals surface area (Å²) in [5, 5.41) is 9.71. The highest BCUT2D eigenvalue weighted by Gasteiger charge is 2.35. The maximum atomic E-state index is 13.3. The van der Waals surface area contributed by atoms with E-state index in [1.807, 2.05) is 10.7 Å². The summed E-state index contributed by atoms with van der Waals surface area (Å²) in [6, 6.07) is 7.65. The number of rotatable bonds is 4. The van der Waals surface area contributed by atoms with Gasteiger partial charge in [-0.2, -0.15) is 10.2 Å². The molecule has 0 N–H and O–H groups in total. The van der Waals surface area contributed by atoms with Gasteiger partial charge in [0.2, 0.25) is 0 Å². The lowest BCUT2D eigenvalue weighted by Crippen LogP contribution is -2.28. The standard InChI is InChI=1S/C24H23Cl2N5O/c1-14-4-5-21-17-10-24(3,7-6-20(17)29-30(21)12-14)11-22(32)23-18(25)8-16(9-19(23)26)31-13-27-15(2)28-31/h4-5,8-9,12-13H,6-7,10-11H2,1-3H3. The molecule has 6 nitrogen and oxygen atoms in total. The van der Waals surface area contributed by atoms with Crippen molar-refractivity contribution < 1.29 is 4.79 Å². The van der Waals surface area contributed by atoms with Gasteiger partial charge in [-0.15, -0.1) is 0 Å². The van der Waals surface area contributed by atoms with Crippen LogP contribution in [-0.4, -0.2) is 30.2 Å². The van der Waals surface area contributed by atoms with Crippen LogP contribution < -0.4 is 0 Å². The summed E-state index contributed by atoms with van der Waals surface area (Å²) in [4.78, 5) is 17.5. The van der Waals surface area contributed by atoms with Crippen molar-refractivity contribution in [1.82, 2.24) is 24.4 Å². The molecule has 5 rings (SSSR count). The summed E-state index contributed by atoms with van der Waals surface area (Å²) < 4.78 is 3.56. The Kier molecular flexibility index (Phi) is 5.10. The van der Waals surface area contributed by atoms with Crippen LogP contribution in [0.1, 0.15) is 52.8 Å². The van der Waals surface area contributed by atoms with Crippen molar-refractivity contribution in [3.05, 3.63) is 75.0 Å². The van der Waals surface area contributed by atoms with Crippen LogP contribution in [0.3, 0.4) is 0 Å². The molecule has 3 aromatic heterocycles. The number of pyridine rings is 1. The minimum absolute atomic E-state index is 0.0420. The number of fused-ring (bicyclic) bond motifs is 3. The average molecular weight is 468 g/mol. The lowest BCUT2D eigenvalue weighted by atomic mass is 9.71. The van der Waals surface area contributed by atoms with Gasteiger partial charge in [0.05, 0.1) is 32.5 Å². The number of Topliss-reactive ketones (excluding diaryl/α,β-unsaturated/α-hetero) is 1. The molecule has 0 spiro atoms. The zero-order valence-electron chi connectivity index (χ0n) is 18.2. The molecule has 1 unspecified atom stereocenters. The average Bonchev–Trinajstić information content (AvgIpc) is 3.29. The Hall–Kier alpha value is -2.70. The first-order valence-electron chi connectivity index (χ1n) is 10.6. The van der Waals surface area contributed by atoms with Crippen LogP contribution in [0.5, 0.6) is 0 Å². The van der Waals surface area contributed by atoms with E-state index in [4.69, 9.17) is 28.3 Å². The molecule has 8 heteroatoms. The fourth-order valence-corrected chi connectivity index (χ4v) is 5.32. The minimum atomic E-state index is -0.188. The number of nitrogens with zero attached hydrogens (tertiary/aromatic N) is 5. The number of carbonyl (C=O) groups is 1. The Morgan fingerprint density at radius 2 is 1.91 bits per heavy atom. The van der Waals surface area contributed by atoms with Gasteiger partial charge in [0, 0.05) is 18.2 Å². The lowest BCUT2D eigenvalue weighted by molar-refractivity contribution is 0.0909. The van der Waals surface area contributed by atoms with Crippen molar-refractivity contribution in [1.29, 1.82) is 0 Å². The van der Waals surface area contributed by atoms with Crippen LogP contribution in [0, 0.1) is 19.3 Å². The second kappa shape index (κ2) is 7.71. The second-order valence-electron chi connectivity index (χ2n) is 9.07. The highest BCUT2D eigenvalue weighted by atomic mass is 35.5. The molecule has 3 heterocycles. The summed E-state index contributed by atoms with van der Waals surface area (Å²) in [6.45, 7) is 6.03. The van der Waals surface area contributed by atoms with E-state index in [0.29, 0.717) is 33.5 Å². The maximum absolute atomic E-state index is 13.3. The van der Waals surface area contributed by atoms with Gasteiger partial charge in [0.25, 0.3) is 0 Å². The van der Waals surface area contributed by atoms with Gasteiger partial charge in [0.1, 0.15) is 12.2 Å². The number of benzene rings is 1. The van der Waals surface area contributed by atoms with Crippen molar-refractivity contribution in [2.45, 2.75) is 46.5 Å². The number of hydrogen-bond donors (Lipinski definition) is 0. The molecule has 0 amide bonds. The largest absolute Gasteiger partial charge is 0.294 e. The third-order valence-electron chi connectivity index (χ3n) is 6.30. The normalized spacial score (nSPS) is 18.2. The molecule has 1 atom stereocenters. The number of carbonyl (C=O) groups excluding carboxylic acids is 1. The molecule has 0 radical (unpaired) electrons. The van der Waals surface area contributed by atoms with Crippen LogP contribution in [-0.2, 0) is 12.8 Å². The summed E-state index contributed by atoms with van der Waals surface area (Å²) in [6.07, 6.45) is 6.56. The van der Waals surface area contributed by atoms with Gasteiger partial charge in [-0.05, 0) is 62.3 Å². The minimum Gasteiger partial charge on any atom is -0.294 e. The van der Waals surface area contributed by atoms with Gasteiger partial charge in [-0.25, -0.2) is 14.2 Å². The van der Waals surface area contributed by atoms with Crippen molar-refractivity contribution in [2.24, 2.45) is 5.41 Å². The van der Waals surface area contributed by atoms with E-state index in [1.165, 1.54) is 11.1 Å². The van der Waals surface area contributed by atoms with Crippen LogP contribution in [0.25, 0.3) is 11.2 Å². The predicted molar refractivity (Wildman–Crippen MR) is 125 cm³/mol. The summed E-state index contributed by atoms with van der Waals surface area (Å²) in [5.41, 5.74) is 5.51. The van der Waals surface area contributed by atoms with Gasteiger partial charge < -0.3 is 0 Å². The molecule has 0 saturated carbocycles. The van der Waals surface area contributed by atoms with Crippen LogP contribution >= 0.6 is 23.2 Å². The molecule has 1 aromatic carbocycles. The molecule has 1 aliphatic rings. The van der Waals surface area contributed by atoms with Crippen molar-refractivity contribution in [3.8, 4) is 5.69 Å². The quantitative estimate of drug-likeness (QED) is 0.366. The van der Waals surface area contributed by atoms with E-state index in [-0.39, 0.29) is 11.2 Å². The van der Waals surface area contributed by atoms with Crippen LogP contribution in [0.15, 0.2) is 36.8 Å². The molecular weight excluding hydrogens is 445 g/mol. The molecule has 32 heavy (non-hydrogen) atoms. The van der Waals surface area contributed by atoms with Crippen molar-refractivity contribution >= 4 is 34.5 Å². The van der Waals surface area contributed by atoms with E-state index in [0.717, 1.165) is 30.5 Å². The van der Waals surface area contributed by atoms with Crippen LogP contribution in [0.4, 0.5) is 0 Å². The predicted octanol–water partition coefficient (Wildman–Crippen LogP) is 5.61. The first kappa shape index (κ1) is 21.2. The monoisotopic (exact) mass is 467 g/mol. The van der Waals surface area contributed by atoms with E-state index in [2.05, 4.69) is 36.1 Å². The number of hydrogen-bond acceptors (Lipinski definition) is 4. The van der Waals surface area contributed by atoms with Crippen molar-refractivity contribution in [2.75, 3.05) is 0 Å². The number of halogens is 2. The first-order chi connectivity index (χ1) is 15.2. The number of aryl methyl sites for hydroxylation is 3. The Morgan fingerprint density at radius 1 is 1.16 bits per heavy atom. The SMILES string of the molecule is Cc1ccc2c3c(nn2c1)CCC(C)(CC(=O)c1c(Cl)cc(-n2cnc(C)n2)cc1Cl)C3.